The number of nitrogens with zero attached hydrogens (tertiary/aromatic N) is 2. The number of benzene rings is 1. The van der Waals surface area contributed by atoms with Crippen LogP contribution in [0.15, 0.2) is 48.7 Å². The molecule has 1 heterocycles. The molecule has 22 heavy (non-hydrogen) atoms. The molecule has 0 unspecified atom stereocenters. The molecule has 116 valence electrons. The fourth-order valence-corrected chi connectivity index (χ4v) is 2.08. The van der Waals surface area contributed by atoms with Gasteiger partial charge in [-0.05, 0) is 17.7 Å². The molecular formula is C16H18ClN3O2. The van der Waals surface area contributed by atoms with Crippen LogP contribution in [0.25, 0.3) is 0 Å². The number of halogens is 1. The van der Waals surface area contributed by atoms with Crippen LogP contribution >= 0.6 is 11.6 Å². The molecule has 0 spiro atoms. The number of nitrogens with one attached hydrogen (secondary N) is 1. The van der Waals surface area contributed by atoms with Gasteiger partial charge in [0.1, 0.15) is 0 Å². The SMILES string of the molecule is O=C(NCc1ccc(Cl)cn1)N(CCO)Cc1ccccc1. The van der Waals surface area contributed by atoms with E-state index in [9.17, 15) is 4.79 Å². The predicted molar refractivity (Wildman–Crippen MR) is 85.4 cm³/mol. The molecule has 0 aliphatic carbocycles. The second-order valence-corrected chi connectivity index (χ2v) is 5.19. The molecule has 1 aromatic heterocycles. The first kappa shape index (κ1) is 16.3. The first-order chi connectivity index (χ1) is 10.7. The van der Waals surface area contributed by atoms with Gasteiger partial charge >= 0.3 is 6.03 Å². The molecule has 0 saturated heterocycles. The Morgan fingerprint density at radius 2 is 2.00 bits per heavy atom. The van der Waals surface area contributed by atoms with Gasteiger partial charge < -0.3 is 15.3 Å². The molecule has 0 fully saturated rings. The first-order valence-electron chi connectivity index (χ1n) is 6.97. The van der Waals surface area contributed by atoms with Crippen LogP contribution in [0.3, 0.4) is 0 Å². The second-order valence-electron chi connectivity index (χ2n) is 4.76. The summed E-state index contributed by atoms with van der Waals surface area (Å²) in [5.41, 5.74) is 1.73. The minimum atomic E-state index is -0.241. The summed E-state index contributed by atoms with van der Waals surface area (Å²) in [7, 11) is 0. The molecule has 0 atom stereocenters. The van der Waals surface area contributed by atoms with Crippen molar-refractivity contribution >= 4 is 17.6 Å². The monoisotopic (exact) mass is 319 g/mol. The number of aliphatic hydroxyl groups excluding tert-OH is 1. The fourth-order valence-electron chi connectivity index (χ4n) is 1.97. The van der Waals surface area contributed by atoms with Gasteiger partial charge in [-0.15, -0.1) is 0 Å². The van der Waals surface area contributed by atoms with Crippen molar-refractivity contribution in [3.63, 3.8) is 0 Å². The summed E-state index contributed by atoms with van der Waals surface area (Å²) in [4.78, 5) is 17.9. The zero-order valence-electron chi connectivity index (χ0n) is 12.1. The lowest BCUT2D eigenvalue weighted by Gasteiger charge is -2.22. The average Bonchev–Trinajstić information content (AvgIpc) is 2.54. The summed E-state index contributed by atoms with van der Waals surface area (Å²) in [6.45, 7) is 0.947. The van der Waals surface area contributed by atoms with Crippen molar-refractivity contribution in [1.82, 2.24) is 15.2 Å². The Kier molecular flexibility index (Phi) is 6.18. The van der Waals surface area contributed by atoms with E-state index in [4.69, 9.17) is 16.7 Å². The molecule has 0 aliphatic heterocycles. The Labute approximate surface area is 134 Å². The van der Waals surface area contributed by atoms with Crippen molar-refractivity contribution in [2.24, 2.45) is 0 Å². The molecule has 2 N–H and O–H groups in total. The third-order valence-corrected chi connectivity index (χ3v) is 3.31. The number of amides is 2. The number of urea groups is 1. The molecule has 1 aromatic carbocycles. The van der Waals surface area contributed by atoms with Gasteiger partial charge in [-0.3, -0.25) is 4.98 Å². The Bertz CT molecular complexity index is 590. The van der Waals surface area contributed by atoms with Crippen molar-refractivity contribution in [3.8, 4) is 0 Å². The summed E-state index contributed by atoms with van der Waals surface area (Å²) >= 11 is 5.77. The van der Waals surface area contributed by atoms with Crippen LogP contribution in [0, 0.1) is 0 Å². The van der Waals surface area contributed by atoms with Crippen molar-refractivity contribution in [2.75, 3.05) is 13.2 Å². The van der Waals surface area contributed by atoms with E-state index >= 15 is 0 Å². The van der Waals surface area contributed by atoms with Crippen LogP contribution in [0.1, 0.15) is 11.3 Å². The molecule has 2 amide bonds. The van der Waals surface area contributed by atoms with Gasteiger partial charge in [-0.2, -0.15) is 0 Å². The van der Waals surface area contributed by atoms with E-state index in [1.807, 2.05) is 30.3 Å². The summed E-state index contributed by atoms with van der Waals surface area (Å²) in [6.07, 6.45) is 1.54. The number of carbonyl (C=O) groups is 1. The topological polar surface area (TPSA) is 65.5 Å². The van der Waals surface area contributed by atoms with Crippen LogP contribution in [-0.2, 0) is 13.1 Å². The van der Waals surface area contributed by atoms with Crippen molar-refractivity contribution in [3.05, 3.63) is 64.9 Å². The lowest BCUT2D eigenvalue weighted by atomic mass is 10.2. The Balaban J connectivity index is 1.93. The minimum Gasteiger partial charge on any atom is -0.395 e. The van der Waals surface area contributed by atoms with Gasteiger partial charge in [-0.25, -0.2) is 4.79 Å². The Hall–Kier alpha value is -2.11. The zero-order valence-corrected chi connectivity index (χ0v) is 12.8. The highest BCUT2D eigenvalue weighted by molar-refractivity contribution is 6.30. The highest BCUT2D eigenvalue weighted by atomic mass is 35.5. The maximum Gasteiger partial charge on any atom is 0.318 e. The van der Waals surface area contributed by atoms with E-state index in [2.05, 4.69) is 10.3 Å². The van der Waals surface area contributed by atoms with E-state index in [0.29, 0.717) is 18.1 Å². The summed E-state index contributed by atoms with van der Waals surface area (Å²) in [5, 5.41) is 12.5. The normalized spacial score (nSPS) is 10.3. The van der Waals surface area contributed by atoms with Gasteiger partial charge in [0.15, 0.2) is 0 Å². The van der Waals surface area contributed by atoms with Crippen LogP contribution < -0.4 is 5.32 Å². The van der Waals surface area contributed by atoms with Crippen molar-refractivity contribution in [1.29, 1.82) is 0 Å². The van der Waals surface area contributed by atoms with Gasteiger partial charge in [0.2, 0.25) is 0 Å². The predicted octanol–water partition coefficient (Wildman–Crippen LogP) is 2.44. The number of rotatable bonds is 6. The number of aliphatic hydroxyl groups is 1. The van der Waals surface area contributed by atoms with Crippen molar-refractivity contribution < 1.29 is 9.90 Å². The van der Waals surface area contributed by atoms with E-state index in [1.165, 1.54) is 0 Å². The van der Waals surface area contributed by atoms with Gasteiger partial charge in [0.25, 0.3) is 0 Å². The lowest BCUT2D eigenvalue weighted by Crippen LogP contribution is -2.40. The molecular weight excluding hydrogens is 302 g/mol. The quantitative estimate of drug-likeness (QED) is 0.859. The third-order valence-electron chi connectivity index (χ3n) is 3.08. The Morgan fingerprint density at radius 1 is 1.23 bits per heavy atom. The van der Waals surface area contributed by atoms with Gasteiger partial charge in [0, 0.05) is 19.3 Å². The molecule has 5 nitrogen and oxygen atoms in total. The van der Waals surface area contributed by atoms with E-state index in [0.717, 1.165) is 11.3 Å². The fraction of sp³-hybridized carbons (Fsp3) is 0.250. The smallest absolute Gasteiger partial charge is 0.318 e. The second kappa shape index (κ2) is 8.36. The zero-order chi connectivity index (χ0) is 15.8. The number of aromatic nitrogens is 1. The number of pyridine rings is 1. The van der Waals surface area contributed by atoms with Crippen LogP contribution in [0.4, 0.5) is 4.79 Å². The number of hydrogen-bond donors (Lipinski definition) is 2. The molecule has 0 radical (unpaired) electrons. The molecule has 0 saturated carbocycles. The molecule has 2 rings (SSSR count). The van der Waals surface area contributed by atoms with E-state index in [-0.39, 0.29) is 19.2 Å². The molecule has 6 heteroatoms. The molecule has 0 aliphatic rings. The third kappa shape index (κ3) is 5.02. The minimum absolute atomic E-state index is 0.0839. The maximum atomic E-state index is 12.2. The van der Waals surface area contributed by atoms with E-state index in [1.54, 1.807) is 23.2 Å². The maximum absolute atomic E-state index is 12.2. The highest BCUT2D eigenvalue weighted by Gasteiger charge is 2.13. The molecule has 2 aromatic rings. The Morgan fingerprint density at radius 3 is 2.64 bits per heavy atom. The summed E-state index contributed by atoms with van der Waals surface area (Å²) in [6, 6.07) is 12.9. The summed E-state index contributed by atoms with van der Waals surface area (Å²) < 4.78 is 0. The first-order valence-corrected chi connectivity index (χ1v) is 7.35. The van der Waals surface area contributed by atoms with Crippen LogP contribution in [0.2, 0.25) is 5.02 Å². The van der Waals surface area contributed by atoms with Crippen LogP contribution in [0.5, 0.6) is 0 Å². The van der Waals surface area contributed by atoms with Crippen molar-refractivity contribution in [2.45, 2.75) is 13.1 Å². The number of hydrogen-bond acceptors (Lipinski definition) is 3. The van der Waals surface area contributed by atoms with Gasteiger partial charge in [-0.1, -0.05) is 41.9 Å². The highest BCUT2D eigenvalue weighted by Crippen LogP contribution is 2.07. The summed E-state index contributed by atoms with van der Waals surface area (Å²) in [5.74, 6) is 0. The van der Waals surface area contributed by atoms with Crippen LogP contribution in [-0.4, -0.2) is 34.2 Å². The molecule has 0 bridgehead atoms. The van der Waals surface area contributed by atoms with E-state index < -0.39 is 0 Å². The average molecular weight is 320 g/mol. The lowest BCUT2D eigenvalue weighted by molar-refractivity contribution is 0.173. The van der Waals surface area contributed by atoms with Gasteiger partial charge in [0.05, 0.1) is 23.9 Å². The number of carbonyl (C=O) groups excluding carboxylic acids is 1. The standard InChI is InChI=1S/C16H18ClN3O2/c17-14-6-7-15(18-10-14)11-19-16(22)20(8-9-21)12-13-4-2-1-3-5-13/h1-7,10,21H,8-9,11-12H2,(H,19,22). The largest absolute Gasteiger partial charge is 0.395 e.